The number of urea groups is 1. The summed E-state index contributed by atoms with van der Waals surface area (Å²) >= 11 is 8.61. The Hall–Kier alpha value is -2.69. The van der Waals surface area contributed by atoms with E-state index in [1.54, 1.807) is 36.5 Å². The van der Waals surface area contributed by atoms with Crippen LogP contribution in [0.3, 0.4) is 0 Å². The molecule has 0 saturated heterocycles. The van der Waals surface area contributed by atoms with Crippen molar-refractivity contribution in [2.45, 2.75) is 0 Å². The lowest BCUT2D eigenvalue weighted by Crippen LogP contribution is -2.43. The summed E-state index contributed by atoms with van der Waals surface area (Å²) in [7, 11) is 0. The number of oxazole rings is 1. The third kappa shape index (κ3) is 4.25. The van der Waals surface area contributed by atoms with Gasteiger partial charge in [0.05, 0.1) is 35.0 Å². The molecule has 3 N–H and O–H groups in total. The second kappa shape index (κ2) is 8.99. The Morgan fingerprint density at radius 2 is 2.07 bits per heavy atom. The summed E-state index contributed by atoms with van der Waals surface area (Å²) < 4.78 is 7.05. The van der Waals surface area contributed by atoms with Gasteiger partial charge in [0.25, 0.3) is 5.91 Å². The zero-order valence-electron chi connectivity index (χ0n) is 15.0. The molecule has 3 amide bonds. The third-order valence-corrected chi connectivity index (χ3v) is 6.40. The van der Waals surface area contributed by atoms with E-state index < -0.39 is 11.9 Å². The van der Waals surface area contributed by atoms with Gasteiger partial charge in [0.2, 0.25) is 5.89 Å². The second-order valence-electron chi connectivity index (χ2n) is 5.95. The minimum atomic E-state index is -0.642. The molecule has 4 rings (SSSR count). The lowest BCUT2D eigenvalue weighted by atomic mass is 10.1. The van der Waals surface area contributed by atoms with Crippen LogP contribution in [0.15, 0.2) is 59.5 Å². The van der Waals surface area contributed by atoms with Crippen molar-refractivity contribution in [1.82, 2.24) is 25.4 Å². The maximum atomic E-state index is 12.4. The van der Waals surface area contributed by atoms with Crippen molar-refractivity contribution in [2.24, 2.45) is 0 Å². The molecule has 0 bridgehead atoms. The standard InChI is InChI=1S/C18H13ClIN6O3P/c19-15-12-9-22-26(30-20)14(12)5-4-13(15)23-18(28)25-24-16(27)10-2-1-3-11(8-10)17-21-6-7-29-17/h1-9,30H,(H,24,27)(H2,23,25,28). The van der Waals surface area contributed by atoms with Crippen LogP contribution in [0.25, 0.3) is 22.4 Å². The average molecular weight is 555 g/mol. The summed E-state index contributed by atoms with van der Waals surface area (Å²) in [6.45, 7) is 0. The number of nitrogens with one attached hydrogen (secondary N) is 3. The molecule has 0 aliphatic rings. The number of nitrogens with zero attached hydrogens (tertiary/aromatic N) is 3. The van der Waals surface area contributed by atoms with Gasteiger partial charge in [0.15, 0.2) is 0 Å². The number of fused-ring (bicyclic) bond motifs is 1. The smallest absolute Gasteiger partial charge is 0.337 e. The molecule has 0 aliphatic carbocycles. The molecule has 1 atom stereocenters. The number of amides is 3. The minimum Gasteiger partial charge on any atom is -0.445 e. The lowest BCUT2D eigenvalue weighted by Gasteiger charge is -2.11. The summed E-state index contributed by atoms with van der Waals surface area (Å²) in [5.74, 6) is -0.101. The summed E-state index contributed by atoms with van der Waals surface area (Å²) in [5.41, 5.74) is 6.91. The first-order chi connectivity index (χ1) is 14.6. The summed E-state index contributed by atoms with van der Waals surface area (Å²) in [6.07, 6.45) is 5.05. The molecular formula is C18H13ClIN6O3P. The first-order valence-electron chi connectivity index (χ1n) is 8.47. The largest absolute Gasteiger partial charge is 0.445 e. The van der Waals surface area contributed by atoms with Gasteiger partial charge in [-0.05, 0) is 52.4 Å². The molecule has 0 saturated carbocycles. The maximum Gasteiger partial charge on any atom is 0.337 e. The second-order valence-corrected chi connectivity index (χ2v) is 8.37. The Kier molecular flexibility index (Phi) is 6.16. The van der Waals surface area contributed by atoms with Crippen molar-refractivity contribution in [3.8, 4) is 11.5 Å². The number of hydrazine groups is 1. The van der Waals surface area contributed by atoms with E-state index in [4.69, 9.17) is 16.0 Å². The van der Waals surface area contributed by atoms with E-state index in [1.165, 1.54) is 12.5 Å². The highest BCUT2D eigenvalue weighted by atomic mass is 127. The molecule has 0 radical (unpaired) electrons. The van der Waals surface area contributed by atoms with Crippen LogP contribution < -0.4 is 16.2 Å². The number of carbonyl (C=O) groups is 2. The number of aromatic nitrogens is 3. The highest BCUT2D eigenvalue weighted by Crippen LogP contribution is 2.35. The number of halogens is 2. The van der Waals surface area contributed by atoms with Gasteiger partial charge in [-0.15, -0.1) is 0 Å². The molecule has 4 aromatic rings. The van der Waals surface area contributed by atoms with E-state index in [0.29, 0.717) is 34.1 Å². The Morgan fingerprint density at radius 1 is 1.20 bits per heavy atom. The van der Waals surface area contributed by atoms with Crippen LogP contribution in [-0.2, 0) is 0 Å². The first kappa shape index (κ1) is 20.6. The molecule has 0 aliphatic heterocycles. The van der Waals surface area contributed by atoms with Crippen LogP contribution in [0.1, 0.15) is 10.4 Å². The Balaban J connectivity index is 1.40. The fourth-order valence-corrected chi connectivity index (χ4v) is 4.53. The normalized spacial score (nSPS) is 11.1. The van der Waals surface area contributed by atoms with Crippen LogP contribution >= 0.6 is 40.0 Å². The monoisotopic (exact) mass is 554 g/mol. The summed E-state index contributed by atoms with van der Waals surface area (Å²) in [4.78, 5) is 28.6. The van der Waals surface area contributed by atoms with Gasteiger partial charge >= 0.3 is 6.03 Å². The van der Waals surface area contributed by atoms with E-state index in [2.05, 4.69) is 48.3 Å². The van der Waals surface area contributed by atoms with Gasteiger partial charge in [-0.2, -0.15) is 5.10 Å². The molecule has 30 heavy (non-hydrogen) atoms. The zero-order valence-corrected chi connectivity index (χ0v) is 18.9. The van der Waals surface area contributed by atoms with Crippen LogP contribution in [0.2, 0.25) is 5.02 Å². The minimum absolute atomic E-state index is 0.331. The van der Waals surface area contributed by atoms with Crippen molar-refractivity contribution in [3.63, 3.8) is 0 Å². The van der Waals surface area contributed by atoms with Crippen molar-refractivity contribution in [3.05, 3.63) is 65.6 Å². The highest BCUT2D eigenvalue weighted by Gasteiger charge is 2.14. The Labute approximate surface area is 189 Å². The number of anilines is 1. The van der Waals surface area contributed by atoms with E-state index in [1.807, 2.05) is 10.5 Å². The summed E-state index contributed by atoms with van der Waals surface area (Å²) in [5, 5.41) is 7.96. The average Bonchev–Trinajstić information content (AvgIpc) is 3.44. The first-order valence-corrected chi connectivity index (χ1v) is 12.9. The lowest BCUT2D eigenvalue weighted by molar-refractivity contribution is 0.0938. The predicted octanol–water partition coefficient (Wildman–Crippen LogP) is 4.60. The molecule has 2 aromatic carbocycles. The van der Waals surface area contributed by atoms with Crippen LogP contribution in [0, 0.1) is 0 Å². The van der Waals surface area contributed by atoms with Gasteiger partial charge < -0.3 is 9.73 Å². The van der Waals surface area contributed by atoms with Crippen molar-refractivity contribution < 1.29 is 14.0 Å². The van der Waals surface area contributed by atoms with Gasteiger partial charge in [-0.3, -0.25) is 10.2 Å². The van der Waals surface area contributed by atoms with Crippen LogP contribution in [0.5, 0.6) is 0 Å². The van der Waals surface area contributed by atoms with Crippen LogP contribution in [-0.4, -0.2) is 26.5 Å². The molecule has 152 valence electrons. The molecular weight excluding hydrogens is 542 g/mol. The summed E-state index contributed by atoms with van der Waals surface area (Å²) in [6, 6.07) is 9.54. The SMILES string of the molecule is O=C(NNC(=O)c1cccc(-c2ncco2)c1)Nc1ccc2c(cnn2PI)c1Cl. The molecule has 0 spiro atoms. The molecule has 2 heterocycles. The van der Waals surface area contributed by atoms with E-state index in [9.17, 15) is 9.59 Å². The Morgan fingerprint density at radius 3 is 2.83 bits per heavy atom. The van der Waals surface area contributed by atoms with Crippen molar-refractivity contribution >= 4 is 68.5 Å². The topological polar surface area (TPSA) is 114 Å². The quantitative estimate of drug-likeness (QED) is 0.194. The van der Waals surface area contributed by atoms with Gasteiger partial charge in [0, 0.05) is 16.5 Å². The van der Waals surface area contributed by atoms with Gasteiger partial charge in [-0.25, -0.2) is 19.7 Å². The van der Waals surface area contributed by atoms with Crippen molar-refractivity contribution in [1.29, 1.82) is 0 Å². The molecule has 2 aromatic heterocycles. The number of rotatable bonds is 4. The number of benzene rings is 2. The number of hydrogen-bond donors (Lipinski definition) is 3. The van der Waals surface area contributed by atoms with Gasteiger partial charge in [-0.1, -0.05) is 17.7 Å². The van der Waals surface area contributed by atoms with E-state index >= 15 is 0 Å². The van der Waals surface area contributed by atoms with Crippen molar-refractivity contribution in [2.75, 3.05) is 5.32 Å². The molecule has 0 fully saturated rings. The third-order valence-electron chi connectivity index (χ3n) is 4.11. The number of carbonyl (C=O) groups excluding carboxylic acids is 2. The highest BCUT2D eigenvalue weighted by molar-refractivity contribution is 14.2. The van der Waals surface area contributed by atoms with E-state index in [-0.39, 0.29) is 0 Å². The maximum absolute atomic E-state index is 12.4. The molecule has 9 nitrogen and oxygen atoms in total. The molecule has 1 unspecified atom stereocenters. The molecule has 12 heteroatoms. The Bertz CT molecular complexity index is 1230. The number of hydrogen-bond acceptors (Lipinski definition) is 5. The fraction of sp³-hybridized carbons (Fsp3) is 0. The predicted molar refractivity (Wildman–Crippen MR) is 124 cm³/mol. The van der Waals surface area contributed by atoms with Gasteiger partial charge in [0.1, 0.15) is 6.26 Å². The van der Waals surface area contributed by atoms with E-state index in [0.717, 1.165) is 10.9 Å². The zero-order chi connectivity index (χ0) is 21.1. The fourth-order valence-electron chi connectivity index (χ4n) is 2.73. The van der Waals surface area contributed by atoms with Crippen LogP contribution in [0.4, 0.5) is 10.5 Å².